The molecule has 1 aliphatic carbocycles. The highest BCUT2D eigenvalue weighted by Gasteiger charge is 2.44. The number of thioether (sulfide) groups is 1. The zero-order valence-corrected chi connectivity index (χ0v) is 12.2. The van der Waals surface area contributed by atoms with Crippen molar-refractivity contribution in [2.24, 2.45) is 0 Å². The van der Waals surface area contributed by atoms with Crippen molar-refractivity contribution in [1.29, 1.82) is 0 Å². The average molecular weight is 292 g/mol. The molecule has 0 radical (unpaired) electrons. The summed E-state index contributed by atoms with van der Waals surface area (Å²) >= 11 is 1.88. The molecule has 1 saturated carbocycles. The summed E-state index contributed by atoms with van der Waals surface area (Å²) in [7, 11) is 0. The fourth-order valence-corrected chi connectivity index (χ4v) is 3.54. The molecule has 1 atom stereocenters. The lowest BCUT2D eigenvalue weighted by Gasteiger charge is -2.24. The van der Waals surface area contributed by atoms with E-state index >= 15 is 0 Å². The molecule has 2 N–H and O–H groups in total. The molecule has 1 aliphatic heterocycles. The van der Waals surface area contributed by atoms with Gasteiger partial charge in [-0.15, -0.1) is 11.8 Å². The molecule has 1 saturated heterocycles. The van der Waals surface area contributed by atoms with Crippen molar-refractivity contribution >= 4 is 17.7 Å². The summed E-state index contributed by atoms with van der Waals surface area (Å²) in [6, 6.07) is 10.2. The summed E-state index contributed by atoms with van der Waals surface area (Å²) in [6.45, 7) is 2.66. The third kappa shape index (κ3) is 3.53. The molecule has 0 bridgehead atoms. The van der Waals surface area contributed by atoms with E-state index in [2.05, 4.69) is 34.9 Å². The molecule has 1 aromatic rings. The Labute approximate surface area is 123 Å². The van der Waals surface area contributed by atoms with Crippen LogP contribution in [0.3, 0.4) is 0 Å². The molecule has 3 rings (SSSR count). The third-order valence-electron chi connectivity index (χ3n) is 3.71. The number of rotatable bonds is 5. The minimum absolute atomic E-state index is 0.0598. The monoisotopic (exact) mass is 292 g/mol. The van der Waals surface area contributed by atoms with Crippen LogP contribution in [-0.4, -0.2) is 43.0 Å². The molecule has 2 fully saturated rings. The molecule has 1 aromatic carbocycles. The highest BCUT2D eigenvalue weighted by Crippen LogP contribution is 2.51. The molecule has 0 spiro atoms. The van der Waals surface area contributed by atoms with Gasteiger partial charge in [-0.2, -0.15) is 0 Å². The van der Waals surface area contributed by atoms with Gasteiger partial charge in [-0.3, -0.25) is 4.79 Å². The first-order chi connectivity index (χ1) is 9.77. The van der Waals surface area contributed by atoms with Gasteiger partial charge in [-0.1, -0.05) is 18.2 Å². The summed E-state index contributed by atoms with van der Waals surface area (Å²) in [5.41, 5.74) is 0. The predicted molar refractivity (Wildman–Crippen MR) is 79.9 cm³/mol. The van der Waals surface area contributed by atoms with Gasteiger partial charge in [0.25, 0.3) is 0 Å². The number of morpholine rings is 1. The largest absolute Gasteiger partial charge is 0.378 e. The molecule has 1 heterocycles. The Kier molecular flexibility index (Phi) is 4.29. The first-order valence-corrected chi connectivity index (χ1v) is 7.92. The number of ether oxygens (including phenoxy) is 1. The van der Waals surface area contributed by atoms with Crippen molar-refractivity contribution < 1.29 is 9.53 Å². The van der Waals surface area contributed by atoms with Crippen LogP contribution >= 0.6 is 11.8 Å². The Morgan fingerprint density at radius 3 is 2.85 bits per heavy atom. The smallest absolute Gasteiger partial charge is 0.239 e. The number of amides is 1. The van der Waals surface area contributed by atoms with Crippen molar-refractivity contribution in [1.82, 2.24) is 10.6 Å². The van der Waals surface area contributed by atoms with Gasteiger partial charge in [0.05, 0.1) is 13.2 Å². The van der Waals surface area contributed by atoms with Crippen LogP contribution in [0.2, 0.25) is 0 Å². The lowest BCUT2D eigenvalue weighted by molar-refractivity contribution is -0.125. The molecular weight excluding hydrogens is 272 g/mol. The van der Waals surface area contributed by atoms with Crippen LogP contribution in [-0.2, 0) is 9.53 Å². The molecule has 108 valence electrons. The van der Waals surface area contributed by atoms with E-state index in [0.29, 0.717) is 13.2 Å². The van der Waals surface area contributed by atoms with Crippen LogP contribution in [0.25, 0.3) is 0 Å². The van der Waals surface area contributed by atoms with Crippen molar-refractivity contribution in [2.45, 2.75) is 28.5 Å². The number of hydrogen-bond donors (Lipinski definition) is 2. The van der Waals surface area contributed by atoms with Gasteiger partial charge >= 0.3 is 0 Å². The molecule has 20 heavy (non-hydrogen) atoms. The number of nitrogens with one attached hydrogen (secondary N) is 2. The van der Waals surface area contributed by atoms with Crippen LogP contribution in [0, 0.1) is 0 Å². The van der Waals surface area contributed by atoms with E-state index in [4.69, 9.17) is 4.74 Å². The van der Waals surface area contributed by atoms with Crippen molar-refractivity contribution in [3.05, 3.63) is 30.3 Å². The number of hydrogen-bond acceptors (Lipinski definition) is 4. The first-order valence-electron chi connectivity index (χ1n) is 7.10. The summed E-state index contributed by atoms with van der Waals surface area (Å²) < 4.78 is 5.52. The Bertz CT molecular complexity index is 456. The maximum Gasteiger partial charge on any atom is 0.239 e. The summed E-state index contributed by atoms with van der Waals surface area (Å²) in [5, 5.41) is 6.25. The number of carbonyl (C=O) groups is 1. The van der Waals surface area contributed by atoms with Gasteiger partial charge in [0.15, 0.2) is 0 Å². The quantitative estimate of drug-likeness (QED) is 0.862. The number of benzene rings is 1. The molecule has 2 aliphatic rings. The topological polar surface area (TPSA) is 50.4 Å². The van der Waals surface area contributed by atoms with E-state index in [-0.39, 0.29) is 16.7 Å². The van der Waals surface area contributed by atoms with Crippen LogP contribution in [0.15, 0.2) is 35.2 Å². The van der Waals surface area contributed by atoms with Crippen molar-refractivity contribution in [3.8, 4) is 0 Å². The maximum absolute atomic E-state index is 12.1. The zero-order chi connectivity index (χ0) is 13.8. The second-order valence-corrected chi connectivity index (χ2v) is 6.94. The van der Waals surface area contributed by atoms with E-state index < -0.39 is 0 Å². The average Bonchev–Trinajstić information content (AvgIpc) is 3.27. The summed E-state index contributed by atoms with van der Waals surface area (Å²) in [4.78, 5) is 13.3. The van der Waals surface area contributed by atoms with Crippen LogP contribution < -0.4 is 10.6 Å². The Balaban J connectivity index is 1.49. The second-order valence-electron chi connectivity index (χ2n) is 5.40. The van der Waals surface area contributed by atoms with Crippen molar-refractivity contribution in [2.75, 3.05) is 26.3 Å². The van der Waals surface area contributed by atoms with Crippen LogP contribution in [0.4, 0.5) is 0 Å². The molecule has 5 heteroatoms. The zero-order valence-electron chi connectivity index (χ0n) is 11.4. The number of carbonyl (C=O) groups excluding carboxylic acids is 1. The van der Waals surface area contributed by atoms with Gasteiger partial charge in [-0.05, 0) is 25.0 Å². The summed E-state index contributed by atoms with van der Waals surface area (Å²) in [5.74, 6) is 0.0598. The van der Waals surface area contributed by atoms with E-state index in [1.807, 2.05) is 17.8 Å². The van der Waals surface area contributed by atoms with Crippen LogP contribution in [0.1, 0.15) is 12.8 Å². The Hall–Kier alpha value is -1.04. The fraction of sp³-hybridized carbons (Fsp3) is 0.533. The minimum Gasteiger partial charge on any atom is -0.378 e. The third-order valence-corrected chi connectivity index (χ3v) is 5.20. The van der Waals surface area contributed by atoms with E-state index in [1.54, 1.807) is 0 Å². The Morgan fingerprint density at radius 1 is 1.40 bits per heavy atom. The molecule has 0 aromatic heterocycles. The summed E-state index contributed by atoms with van der Waals surface area (Å²) in [6.07, 6.45) is 2.34. The fourth-order valence-electron chi connectivity index (χ4n) is 2.30. The second kappa shape index (κ2) is 6.16. The SMILES string of the molecule is O=C(NCC1(Sc2ccccc2)CC1)C1COCCN1. The van der Waals surface area contributed by atoms with Gasteiger partial charge < -0.3 is 15.4 Å². The van der Waals surface area contributed by atoms with Gasteiger partial charge in [0.2, 0.25) is 5.91 Å². The molecule has 1 unspecified atom stereocenters. The van der Waals surface area contributed by atoms with Crippen LogP contribution in [0.5, 0.6) is 0 Å². The Morgan fingerprint density at radius 2 is 2.20 bits per heavy atom. The van der Waals surface area contributed by atoms with E-state index in [0.717, 1.165) is 13.1 Å². The minimum atomic E-state index is -0.193. The van der Waals surface area contributed by atoms with Gasteiger partial charge in [0, 0.05) is 22.7 Å². The standard InChI is InChI=1S/C15H20N2O2S/c18-14(13-10-19-9-8-16-13)17-11-15(6-7-15)20-12-4-2-1-3-5-12/h1-5,13,16H,6-11H2,(H,17,18). The molecule has 1 amide bonds. The predicted octanol–water partition coefficient (Wildman–Crippen LogP) is 1.42. The highest BCUT2D eigenvalue weighted by molar-refractivity contribution is 8.01. The van der Waals surface area contributed by atoms with Gasteiger partial charge in [-0.25, -0.2) is 0 Å². The highest BCUT2D eigenvalue weighted by atomic mass is 32.2. The molecule has 4 nitrogen and oxygen atoms in total. The van der Waals surface area contributed by atoms with E-state index in [9.17, 15) is 4.79 Å². The lowest BCUT2D eigenvalue weighted by atomic mass is 10.2. The maximum atomic E-state index is 12.1. The van der Waals surface area contributed by atoms with E-state index in [1.165, 1.54) is 17.7 Å². The normalized spacial score (nSPS) is 24.1. The lowest BCUT2D eigenvalue weighted by Crippen LogP contribution is -2.52. The van der Waals surface area contributed by atoms with Crippen molar-refractivity contribution in [3.63, 3.8) is 0 Å². The first kappa shape index (κ1) is 13.9. The molecular formula is C15H20N2O2S. The van der Waals surface area contributed by atoms with Gasteiger partial charge in [0.1, 0.15) is 6.04 Å².